The molecule has 0 spiro atoms. The third-order valence-corrected chi connectivity index (χ3v) is 4.53. The van der Waals surface area contributed by atoms with Gasteiger partial charge in [0.05, 0.1) is 6.10 Å². The highest BCUT2D eigenvalue weighted by molar-refractivity contribution is 5.66. The fourth-order valence-electron chi connectivity index (χ4n) is 4.35. The largest absolute Gasteiger partial charge is 0.459 e. The zero-order valence-corrected chi connectivity index (χ0v) is 9.11. The SMILES string of the molecule is CC(=O)OC12CC3C[C@H](C1)C(O)[C@@H](C3)C2. The molecule has 0 saturated heterocycles. The molecule has 4 fully saturated rings. The Bertz CT molecular complexity index is 283. The number of ether oxygens (including phenoxy) is 1. The van der Waals surface area contributed by atoms with E-state index in [0.717, 1.165) is 32.1 Å². The van der Waals surface area contributed by atoms with E-state index in [9.17, 15) is 9.90 Å². The lowest BCUT2D eigenvalue weighted by molar-refractivity contribution is -0.204. The maximum atomic E-state index is 11.1. The second-order valence-corrected chi connectivity index (χ2v) is 5.74. The molecule has 0 aliphatic heterocycles. The van der Waals surface area contributed by atoms with Gasteiger partial charge < -0.3 is 9.84 Å². The minimum Gasteiger partial charge on any atom is -0.459 e. The minimum atomic E-state index is -0.207. The van der Waals surface area contributed by atoms with Crippen LogP contribution in [-0.2, 0) is 9.53 Å². The van der Waals surface area contributed by atoms with Crippen molar-refractivity contribution in [3.8, 4) is 0 Å². The molecule has 3 heteroatoms. The quantitative estimate of drug-likeness (QED) is 0.667. The fourth-order valence-corrected chi connectivity index (χ4v) is 4.35. The third kappa shape index (κ3) is 1.40. The van der Waals surface area contributed by atoms with Crippen LogP contribution in [0.4, 0.5) is 0 Å². The van der Waals surface area contributed by atoms with Gasteiger partial charge >= 0.3 is 5.97 Å². The van der Waals surface area contributed by atoms with E-state index < -0.39 is 0 Å². The Morgan fingerprint density at radius 3 is 2.40 bits per heavy atom. The van der Waals surface area contributed by atoms with Crippen LogP contribution >= 0.6 is 0 Å². The van der Waals surface area contributed by atoms with E-state index in [0.29, 0.717) is 17.8 Å². The second-order valence-electron chi connectivity index (χ2n) is 5.74. The first-order valence-electron chi connectivity index (χ1n) is 5.96. The van der Waals surface area contributed by atoms with Gasteiger partial charge in [-0.3, -0.25) is 4.79 Å². The zero-order valence-electron chi connectivity index (χ0n) is 9.11. The van der Waals surface area contributed by atoms with Crippen LogP contribution in [0.15, 0.2) is 0 Å². The predicted octanol–water partition coefficient (Wildman–Crippen LogP) is 1.49. The van der Waals surface area contributed by atoms with Gasteiger partial charge in [0.25, 0.3) is 0 Å². The van der Waals surface area contributed by atoms with Gasteiger partial charge in [-0.05, 0) is 49.9 Å². The van der Waals surface area contributed by atoms with Crippen LogP contribution in [0.2, 0.25) is 0 Å². The predicted molar refractivity (Wildman–Crippen MR) is 54.1 cm³/mol. The van der Waals surface area contributed by atoms with Crippen LogP contribution in [0, 0.1) is 17.8 Å². The van der Waals surface area contributed by atoms with Crippen molar-refractivity contribution in [2.75, 3.05) is 0 Å². The third-order valence-electron chi connectivity index (χ3n) is 4.53. The summed E-state index contributed by atoms with van der Waals surface area (Å²) in [5.41, 5.74) is -0.207. The smallest absolute Gasteiger partial charge is 0.303 e. The number of carbonyl (C=O) groups excluding carboxylic acids is 1. The number of hydrogen-bond acceptors (Lipinski definition) is 3. The summed E-state index contributed by atoms with van der Waals surface area (Å²) < 4.78 is 5.55. The lowest BCUT2D eigenvalue weighted by Crippen LogP contribution is -2.58. The molecule has 0 radical (unpaired) electrons. The summed E-state index contributed by atoms with van der Waals surface area (Å²) in [4.78, 5) is 11.1. The molecule has 0 amide bonds. The number of esters is 1. The van der Waals surface area contributed by atoms with Crippen LogP contribution < -0.4 is 0 Å². The molecule has 4 bridgehead atoms. The highest BCUT2D eigenvalue weighted by Gasteiger charge is 2.56. The van der Waals surface area contributed by atoms with Crippen molar-refractivity contribution in [1.82, 2.24) is 0 Å². The van der Waals surface area contributed by atoms with Gasteiger partial charge in [-0.25, -0.2) is 0 Å². The Hall–Kier alpha value is -0.570. The van der Waals surface area contributed by atoms with E-state index in [1.165, 1.54) is 6.92 Å². The number of carbonyl (C=O) groups is 1. The van der Waals surface area contributed by atoms with Gasteiger partial charge in [0.2, 0.25) is 0 Å². The summed E-state index contributed by atoms with van der Waals surface area (Å²) in [6.45, 7) is 1.50. The molecule has 1 N–H and O–H groups in total. The molecule has 0 aromatic rings. The topological polar surface area (TPSA) is 46.5 Å². The average Bonchev–Trinajstić information content (AvgIpc) is 2.10. The van der Waals surface area contributed by atoms with Gasteiger partial charge in [0, 0.05) is 6.92 Å². The summed E-state index contributed by atoms with van der Waals surface area (Å²) in [5.74, 6) is 1.29. The van der Waals surface area contributed by atoms with E-state index >= 15 is 0 Å². The van der Waals surface area contributed by atoms with Gasteiger partial charge in [0.15, 0.2) is 0 Å². The van der Waals surface area contributed by atoms with Crippen LogP contribution in [-0.4, -0.2) is 22.8 Å². The van der Waals surface area contributed by atoms with Crippen molar-refractivity contribution in [2.45, 2.75) is 50.7 Å². The summed E-state index contributed by atoms with van der Waals surface area (Å²) in [6.07, 6.45) is 4.96. The van der Waals surface area contributed by atoms with Crippen LogP contribution in [0.5, 0.6) is 0 Å². The van der Waals surface area contributed by atoms with E-state index in [-0.39, 0.29) is 17.7 Å². The molecule has 3 unspecified atom stereocenters. The Morgan fingerprint density at radius 2 is 1.87 bits per heavy atom. The van der Waals surface area contributed by atoms with E-state index in [1.807, 2.05) is 0 Å². The van der Waals surface area contributed by atoms with Crippen molar-refractivity contribution in [1.29, 1.82) is 0 Å². The Labute approximate surface area is 89.8 Å². The Morgan fingerprint density at radius 1 is 1.27 bits per heavy atom. The first kappa shape index (κ1) is 9.64. The summed E-state index contributed by atoms with van der Waals surface area (Å²) in [5, 5.41) is 10.0. The van der Waals surface area contributed by atoms with Crippen molar-refractivity contribution < 1.29 is 14.6 Å². The normalized spacial score (nSPS) is 51.9. The molecule has 4 aliphatic carbocycles. The maximum absolute atomic E-state index is 11.1. The number of hydrogen-bond donors (Lipinski definition) is 1. The van der Waals surface area contributed by atoms with Crippen LogP contribution in [0.25, 0.3) is 0 Å². The molecule has 0 heterocycles. The van der Waals surface area contributed by atoms with Gasteiger partial charge in [-0.15, -0.1) is 0 Å². The molecule has 4 aliphatic rings. The van der Waals surface area contributed by atoms with Crippen molar-refractivity contribution in [2.24, 2.45) is 17.8 Å². The lowest BCUT2D eigenvalue weighted by Gasteiger charge is -2.57. The highest BCUT2D eigenvalue weighted by Crippen LogP contribution is 2.57. The lowest BCUT2D eigenvalue weighted by atomic mass is 9.53. The van der Waals surface area contributed by atoms with Gasteiger partial charge in [-0.2, -0.15) is 0 Å². The second kappa shape index (κ2) is 2.97. The molecule has 4 saturated carbocycles. The Kier molecular flexibility index (Phi) is 1.91. The summed E-state index contributed by atoms with van der Waals surface area (Å²) in [7, 11) is 0. The monoisotopic (exact) mass is 210 g/mol. The first-order chi connectivity index (χ1) is 7.08. The molecule has 15 heavy (non-hydrogen) atoms. The average molecular weight is 210 g/mol. The number of aliphatic hydroxyl groups excluding tert-OH is 1. The molecule has 3 nitrogen and oxygen atoms in total. The molecular weight excluding hydrogens is 192 g/mol. The molecule has 0 aromatic heterocycles. The van der Waals surface area contributed by atoms with E-state index in [4.69, 9.17) is 4.74 Å². The summed E-state index contributed by atoms with van der Waals surface area (Å²) in [6, 6.07) is 0. The maximum Gasteiger partial charge on any atom is 0.303 e. The summed E-state index contributed by atoms with van der Waals surface area (Å²) >= 11 is 0. The van der Waals surface area contributed by atoms with Crippen LogP contribution in [0.3, 0.4) is 0 Å². The molecule has 5 atom stereocenters. The van der Waals surface area contributed by atoms with Crippen molar-refractivity contribution in [3.63, 3.8) is 0 Å². The fraction of sp³-hybridized carbons (Fsp3) is 0.917. The van der Waals surface area contributed by atoms with E-state index in [1.54, 1.807) is 0 Å². The van der Waals surface area contributed by atoms with Crippen molar-refractivity contribution >= 4 is 5.97 Å². The van der Waals surface area contributed by atoms with Gasteiger partial charge in [-0.1, -0.05) is 0 Å². The molecule has 0 aromatic carbocycles. The zero-order chi connectivity index (χ0) is 10.6. The number of rotatable bonds is 1. The Balaban J connectivity index is 1.85. The van der Waals surface area contributed by atoms with Gasteiger partial charge in [0.1, 0.15) is 5.60 Å². The first-order valence-corrected chi connectivity index (χ1v) is 5.96. The highest BCUT2D eigenvalue weighted by atomic mass is 16.6. The minimum absolute atomic E-state index is 0.134. The van der Waals surface area contributed by atoms with Crippen molar-refractivity contribution in [3.05, 3.63) is 0 Å². The number of aliphatic hydroxyl groups is 1. The molecular formula is C12H18O3. The standard InChI is InChI=1S/C12H18O3/c1-7(13)15-12-4-8-2-9(5-12)11(14)10(3-8)6-12/h8-11,14H,2-6H2,1H3/t8?,9-,10+,11?,12?. The molecule has 4 rings (SSSR count). The van der Waals surface area contributed by atoms with Crippen LogP contribution in [0.1, 0.15) is 39.0 Å². The van der Waals surface area contributed by atoms with E-state index in [2.05, 4.69) is 0 Å². The molecule has 84 valence electrons.